The van der Waals surface area contributed by atoms with E-state index in [4.69, 9.17) is 4.74 Å². The van der Waals surface area contributed by atoms with Gasteiger partial charge in [-0.15, -0.1) is 0 Å². The second-order valence-electron chi connectivity index (χ2n) is 5.08. The number of hydrogen-bond acceptors (Lipinski definition) is 3. The lowest BCUT2D eigenvalue weighted by molar-refractivity contribution is 0.0969. The summed E-state index contributed by atoms with van der Waals surface area (Å²) in [5.74, 6) is 1.59. The minimum atomic E-state index is 0.187. The van der Waals surface area contributed by atoms with E-state index in [-0.39, 0.29) is 5.78 Å². The standard InChI is InChI=1S/C15H21NO2/c1-18-14-9-13(10-16-11-14)15(17)8-7-12-5-3-2-4-6-12/h9-12H,2-8H2,1H3. The lowest BCUT2D eigenvalue weighted by Crippen LogP contribution is -2.09. The molecule has 1 aliphatic rings. The number of ketones is 1. The number of Topliss-reactive ketones (excluding diaryl/α,β-unsaturated/α-hetero) is 1. The van der Waals surface area contributed by atoms with Gasteiger partial charge in [0.25, 0.3) is 0 Å². The van der Waals surface area contributed by atoms with E-state index in [1.54, 1.807) is 25.6 Å². The highest BCUT2D eigenvalue weighted by Crippen LogP contribution is 2.27. The van der Waals surface area contributed by atoms with Gasteiger partial charge in [0.2, 0.25) is 0 Å². The Morgan fingerprint density at radius 1 is 1.33 bits per heavy atom. The monoisotopic (exact) mass is 247 g/mol. The van der Waals surface area contributed by atoms with Crippen molar-refractivity contribution in [3.8, 4) is 5.75 Å². The van der Waals surface area contributed by atoms with Crippen molar-refractivity contribution in [2.75, 3.05) is 7.11 Å². The molecule has 98 valence electrons. The number of methoxy groups -OCH3 is 1. The summed E-state index contributed by atoms with van der Waals surface area (Å²) in [7, 11) is 1.59. The number of pyridine rings is 1. The Bertz CT molecular complexity index is 397. The smallest absolute Gasteiger partial charge is 0.164 e. The zero-order valence-corrected chi connectivity index (χ0v) is 11.0. The average Bonchev–Trinajstić information content (AvgIpc) is 2.46. The lowest BCUT2D eigenvalue weighted by Gasteiger charge is -2.20. The SMILES string of the molecule is COc1cncc(C(=O)CCC2CCCCC2)c1. The van der Waals surface area contributed by atoms with E-state index in [1.807, 2.05) is 0 Å². The predicted molar refractivity (Wildman–Crippen MR) is 70.9 cm³/mol. The second-order valence-corrected chi connectivity index (χ2v) is 5.08. The molecule has 0 aromatic carbocycles. The first-order valence-electron chi connectivity index (χ1n) is 6.82. The van der Waals surface area contributed by atoms with Crippen LogP contribution in [-0.4, -0.2) is 17.9 Å². The summed E-state index contributed by atoms with van der Waals surface area (Å²) in [4.78, 5) is 16.1. The second kappa shape index (κ2) is 6.53. The highest BCUT2D eigenvalue weighted by Gasteiger charge is 2.15. The third kappa shape index (κ3) is 3.56. The van der Waals surface area contributed by atoms with Crippen molar-refractivity contribution in [3.63, 3.8) is 0 Å². The van der Waals surface area contributed by atoms with E-state index in [9.17, 15) is 4.79 Å². The van der Waals surface area contributed by atoms with Crippen molar-refractivity contribution in [1.82, 2.24) is 4.98 Å². The fraction of sp³-hybridized carbons (Fsp3) is 0.600. The van der Waals surface area contributed by atoms with E-state index >= 15 is 0 Å². The Morgan fingerprint density at radius 2 is 2.11 bits per heavy atom. The van der Waals surface area contributed by atoms with Crippen LogP contribution in [-0.2, 0) is 0 Å². The molecule has 1 fully saturated rings. The first-order valence-corrected chi connectivity index (χ1v) is 6.82. The molecule has 0 amide bonds. The molecule has 1 aliphatic carbocycles. The molecule has 0 saturated heterocycles. The maximum absolute atomic E-state index is 12.1. The average molecular weight is 247 g/mol. The fourth-order valence-electron chi connectivity index (χ4n) is 2.64. The molecule has 0 atom stereocenters. The molecule has 0 N–H and O–H groups in total. The van der Waals surface area contributed by atoms with Crippen LogP contribution < -0.4 is 4.74 Å². The minimum Gasteiger partial charge on any atom is -0.495 e. The number of nitrogens with zero attached hydrogens (tertiary/aromatic N) is 1. The molecule has 0 radical (unpaired) electrons. The van der Waals surface area contributed by atoms with E-state index in [0.29, 0.717) is 17.7 Å². The molecular weight excluding hydrogens is 226 g/mol. The minimum absolute atomic E-state index is 0.187. The van der Waals surface area contributed by atoms with Gasteiger partial charge in [-0.2, -0.15) is 0 Å². The molecular formula is C15H21NO2. The fourth-order valence-corrected chi connectivity index (χ4v) is 2.64. The number of carbonyl (C=O) groups is 1. The zero-order valence-electron chi connectivity index (χ0n) is 11.0. The number of carbonyl (C=O) groups excluding carboxylic acids is 1. The molecule has 3 heteroatoms. The van der Waals surface area contributed by atoms with Crippen LogP contribution in [0.5, 0.6) is 5.75 Å². The summed E-state index contributed by atoms with van der Waals surface area (Å²) in [5.41, 5.74) is 0.671. The van der Waals surface area contributed by atoms with Gasteiger partial charge in [0.15, 0.2) is 5.78 Å². The third-order valence-corrected chi connectivity index (χ3v) is 3.78. The summed E-state index contributed by atoms with van der Waals surface area (Å²) in [6, 6.07) is 1.77. The van der Waals surface area contributed by atoms with Gasteiger partial charge in [0, 0.05) is 18.2 Å². The molecule has 0 aliphatic heterocycles. The van der Waals surface area contributed by atoms with Gasteiger partial charge < -0.3 is 4.74 Å². The van der Waals surface area contributed by atoms with Crippen molar-refractivity contribution in [3.05, 3.63) is 24.0 Å². The van der Waals surface area contributed by atoms with Crippen LogP contribution in [0.4, 0.5) is 0 Å². The molecule has 0 bridgehead atoms. The Labute approximate surface area is 109 Å². The summed E-state index contributed by atoms with van der Waals surface area (Å²) in [6.07, 6.45) is 11.5. The summed E-state index contributed by atoms with van der Waals surface area (Å²) >= 11 is 0. The van der Waals surface area contributed by atoms with Crippen molar-refractivity contribution in [2.24, 2.45) is 5.92 Å². The number of aromatic nitrogens is 1. The maximum atomic E-state index is 12.1. The van der Waals surface area contributed by atoms with Gasteiger partial charge >= 0.3 is 0 Å². The van der Waals surface area contributed by atoms with Gasteiger partial charge in [-0.3, -0.25) is 9.78 Å². The van der Waals surface area contributed by atoms with Crippen LogP contribution in [0, 0.1) is 5.92 Å². The summed E-state index contributed by atoms with van der Waals surface area (Å²) in [5, 5.41) is 0. The molecule has 1 heterocycles. The summed E-state index contributed by atoms with van der Waals surface area (Å²) < 4.78 is 5.08. The van der Waals surface area contributed by atoms with Gasteiger partial charge in [0.05, 0.1) is 13.3 Å². The molecule has 2 rings (SSSR count). The third-order valence-electron chi connectivity index (χ3n) is 3.78. The van der Waals surface area contributed by atoms with Crippen LogP contribution in [0.3, 0.4) is 0 Å². The van der Waals surface area contributed by atoms with Gasteiger partial charge in [-0.25, -0.2) is 0 Å². The number of rotatable bonds is 5. The van der Waals surface area contributed by atoms with Gasteiger partial charge in [-0.05, 0) is 18.4 Å². The Hall–Kier alpha value is -1.38. The molecule has 3 nitrogen and oxygen atoms in total. The maximum Gasteiger partial charge on any atom is 0.164 e. The first kappa shape index (κ1) is 13.1. The topological polar surface area (TPSA) is 39.2 Å². The Morgan fingerprint density at radius 3 is 2.83 bits per heavy atom. The van der Waals surface area contributed by atoms with E-state index in [0.717, 1.165) is 12.3 Å². The van der Waals surface area contributed by atoms with Crippen LogP contribution in [0.15, 0.2) is 18.5 Å². The van der Waals surface area contributed by atoms with Gasteiger partial charge in [-0.1, -0.05) is 32.1 Å². The Kier molecular flexibility index (Phi) is 4.73. The van der Waals surface area contributed by atoms with Crippen molar-refractivity contribution in [2.45, 2.75) is 44.9 Å². The van der Waals surface area contributed by atoms with Crippen molar-refractivity contribution in [1.29, 1.82) is 0 Å². The van der Waals surface area contributed by atoms with E-state index in [1.165, 1.54) is 32.1 Å². The Balaban J connectivity index is 1.86. The van der Waals surface area contributed by atoms with Crippen LogP contribution in [0.2, 0.25) is 0 Å². The van der Waals surface area contributed by atoms with Crippen LogP contribution in [0.1, 0.15) is 55.3 Å². The highest BCUT2D eigenvalue weighted by atomic mass is 16.5. The molecule has 1 aromatic rings. The predicted octanol–water partition coefficient (Wildman–Crippen LogP) is 3.63. The van der Waals surface area contributed by atoms with Gasteiger partial charge in [0.1, 0.15) is 5.75 Å². The van der Waals surface area contributed by atoms with Crippen LogP contribution in [0.25, 0.3) is 0 Å². The number of ether oxygens (including phenoxy) is 1. The first-order chi connectivity index (χ1) is 8.79. The number of hydrogen-bond donors (Lipinski definition) is 0. The molecule has 0 spiro atoms. The van der Waals surface area contributed by atoms with E-state index in [2.05, 4.69) is 4.98 Å². The zero-order chi connectivity index (χ0) is 12.8. The molecule has 0 unspecified atom stereocenters. The quantitative estimate of drug-likeness (QED) is 0.746. The normalized spacial score (nSPS) is 16.5. The molecule has 1 saturated carbocycles. The highest BCUT2D eigenvalue weighted by molar-refractivity contribution is 5.96. The lowest BCUT2D eigenvalue weighted by atomic mass is 9.85. The van der Waals surface area contributed by atoms with E-state index < -0.39 is 0 Å². The molecule has 18 heavy (non-hydrogen) atoms. The van der Waals surface area contributed by atoms with Crippen LogP contribution >= 0.6 is 0 Å². The van der Waals surface area contributed by atoms with Crippen molar-refractivity contribution < 1.29 is 9.53 Å². The van der Waals surface area contributed by atoms with Crippen molar-refractivity contribution >= 4 is 5.78 Å². The largest absolute Gasteiger partial charge is 0.495 e. The summed E-state index contributed by atoms with van der Waals surface area (Å²) in [6.45, 7) is 0. The molecule has 1 aromatic heterocycles.